The standard InChI is InChI=1S/C19H21F3/c1-2-3-12-4-6-13(7-5-12)14-8-9-16-15(10-14)11-17(20)19(22)18(16)21/h8-13H,2-7H2,1H3/t12-,13-. The van der Waals surface area contributed by atoms with Crippen molar-refractivity contribution in [3.63, 3.8) is 0 Å². The number of hydrogen-bond donors (Lipinski definition) is 0. The first kappa shape index (κ1) is 15.4. The molecule has 22 heavy (non-hydrogen) atoms. The van der Waals surface area contributed by atoms with Crippen LogP contribution in [-0.4, -0.2) is 0 Å². The highest BCUT2D eigenvalue weighted by atomic mass is 19.2. The molecule has 0 spiro atoms. The van der Waals surface area contributed by atoms with Gasteiger partial charge >= 0.3 is 0 Å². The number of rotatable bonds is 3. The molecule has 0 nitrogen and oxygen atoms in total. The molecule has 1 aliphatic carbocycles. The van der Waals surface area contributed by atoms with Gasteiger partial charge in [-0.05, 0) is 54.5 Å². The minimum atomic E-state index is -1.39. The summed E-state index contributed by atoms with van der Waals surface area (Å²) in [4.78, 5) is 0. The summed E-state index contributed by atoms with van der Waals surface area (Å²) < 4.78 is 40.4. The molecular weight excluding hydrogens is 285 g/mol. The SMILES string of the molecule is CCC[C@H]1CC[C@H](c2ccc3c(F)c(F)c(F)cc3c2)CC1. The predicted molar refractivity (Wildman–Crippen MR) is 83.4 cm³/mol. The van der Waals surface area contributed by atoms with Crippen LogP contribution in [0.1, 0.15) is 56.9 Å². The molecule has 1 aliphatic rings. The minimum Gasteiger partial charge on any atom is -0.204 e. The van der Waals surface area contributed by atoms with Gasteiger partial charge in [-0.2, -0.15) is 0 Å². The van der Waals surface area contributed by atoms with Crippen LogP contribution in [0.15, 0.2) is 24.3 Å². The summed E-state index contributed by atoms with van der Waals surface area (Å²) >= 11 is 0. The molecule has 0 heterocycles. The summed E-state index contributed by atoms with van der Waals surface area (Å²) in [6.07, 6.45) is 7.23. The van der Waals surface area contributed by atoms with Crippen molar-refractivity contribution in [1.29, 1.82) is 0 Å². The summed E-state index contributed by atoms with van der Waals surface area (Å²) in [6, 6.07) is 6.37. The van der Waals surface area contributed by atoms with Crippen LogP contribution in [0.25, 0.3) is 10.8 Å². The fraction of sp³-hybridized carbons (Fsp3) is 0.474. The van der Waals surface area contributed by atoms with E-state index >= 15 is 0 Å². The van der Waals surface area contributed by atoms with Crippen LogP contribution >= 0.6 is 0 Å². The number of halogens is 3. The Labute approximate surface area is 129 Å². The van der Waals surface area contributed by atoms with Crippen LogP contribution in [0.5, 0.6) is 0 Å². The van der Waals surface area contributed by atoms with Crippen LogP contribution in [-0.2, 0) is 0 Å². The Hall–Kier alpha value is -1.51. The van der Waals surface area contributed by atoms with Gasteiger partial charge in [-0.25, -0.2) is 13.2 Å². The van der Waals surface area contributed by atoms with Crippen LogP contribution in [0.3, 0.4) is 0 Å². The second-order valence-electron chi connectivity index (χ2n) is 6.47. The average Bonchev–Trinajstić information content (AvgIpc) is 2.53. The Bertz CT molecular complexity index is 670. The lowest BCUT2D eigenvalue weighted by atomic mass is 9.77. The van der Waals surface area contributed by atoms with Gasteiger partial charge in [0.15, 0.2) is 17.5 Å². The first-order chi connectivity index (χ1) is 10.6. The Morgan fingerprint density at radius 3 is 2.36 bits per heavy atom. The van der Waals surface area contributed by atoms with Crippen molar-refractivity contribution >= 4 is 10.8 Å². The van der Waals surface area contributed by atoms with E-state index in [-0.39, 0.29) is 5.39 Å². The van der Waals surface area contributed by atoms with E-state index in [1.807, 2.05) is 12.1 Å². The van der Waals surface area contributed by atoms with E-state index in [2.05, 4.69) is 6.92 Å². The fourth-order valence-electron chi connectivity index (χ4n) is 3.77. The molecule has 118 valence electrons. The summed E-state index contributed by atoms with van der Waals surface area (Å²) in [6.45, 7) is 2.22. The molecule has 2 aromatic carbocycles. The van der Waals surface area contributed by atoms with Gasteiger partial charge in [0, 0.05) is 5.39 Å². The van der Waals surface area contributed by atoms with Gasteiger partial charge in [0.05, 0.1) is 0 Å². The molecule has 0 unspecified atom stereocenters. The average molecular weight is 306 g/mol. The van der Waals surface area contributed by atoms with E-state index < -0.39 is 17.5 Å². The molecule has 3 heteroatoms. The fourth-order valence-corrected chi connectivity index (χ4v) is 3.77. The molecule has 0 N–H and O–H groups in total. The number of hydrogen-bond acceptors (Lipinski definition) is 0. The third-order valence-electron chi connectivity index (χ3n) is 5.01. The van der Waals surface area contributed by atoms with Crippen molar-refractivity contribution < 1.29 is 13.2 Å². The molecule has 1 saturated carbocycles. The van der Waals surface area contributed by atoms with Crippen molar-refractivity contribution in [2.45, 2.75) is 51.4 Å². The van der Waals surface area contributed by atoms with Gasteiger partial charge in [-0.1, -0.05) is 38.0 Å². The van der Waals surface area contributed by atoms with Crippen molar-refractivity contribution in [1.82, 2.24) is 0 Å². The van der Waals surface area contributed by atoms with Gasteiger partial charge in [0.1, 0.15) is 0 Å². The van der Waals surface area contributed by atoms with E-state index in [9.17, 15) is 13.2 Å². The number of benzene rings is 2. The lowest BCUT2D eigenvalue weighted by Gasteiger charge is -2.28. The first-order valence-electron chi connectivity index (χ1n) is 8.17. The Morgan fingerprint density at radius 1 is 0.955 bits per heavy atom. The molecule has 0 aromatic heterocycles. The van der Waals surface area contributed by atoms with Gasteiger partial charge in [-0.15, -0.1) is 0 Å². The van der Waals surface area contributed by atoms with Gasteiger partial charge in [0.25, 0.3) is 0 Å². The second-order valence-corrected chi connectivity index (χ2v) is 6.47. The Kier molecular flexibility index (Phi) is 4.42. The zero-order chi connectivity index (χ0) is 15.7. The van der Waals surface area contributed by atoms with E-state index in [0.717, 1.165) is 30.4 Å². The largest absolute Gasteiger partial charge is 0.204 e. The molecule has 0 radical (unpaired) electrons. The van der Waals surface area contributed by atoms with E-state index in [1.54, 1.807) is 6.07 Å². The predicted octanol–water partition coefficient (Wildman–Crippen LogP) is 6.33. The van der Waals surface area contributed by atoms with E-state index in [1.165, 1.54) is 25.7 Å². The highest BCUT2D eigenvalue weighted by molar-refractivity contribution is 5.84. The molecule has 0 bridgehead atoms. The van der Waals surface area contributed by atoms with E-state index in [4.69, 9.17) is 0 Å². The minimum absolute atomic E-state index is 0.155. The normalized spacial score (nSPS) is 22.2. The van der Waals surface area contributed by atoms with Crippen LogP contribution in [0.2, 0.25) is 0 Å². The van der Waals surface area contributed by atoms with Crippen molar-refractivity contribution in [2.75, 3.05) is 0 Å². The molecule has 0 saturated heterocycles. The molecule has 3 rings (SSSR count). The summed E-state index contributed by atoms with van der Waals surface area (Å²) in [5.41, 5.74) is 1.12. The summed E-state index contributed by atoms with van der Waals surface area (Å²) in [7, 11) is 0. The van der Waals surface area contributed by atoms with Crippen molar-refractivity contribution in [3.05, 3.63) is 47.3 Å². The lowest BCUT2D eigenvalue weighted by Crippen LogP contribution is -2.13. The third-order valence-corrected chi connectivity index (χ3v) is 5.01. The van der Waals surface area contributed by atoms with Crippen molar-refractivity contribution in [3.8, 4) is 0 Å². The zero-order valence-electron chi connectivity index (χ0n) is 12.8. The van der Waals surface area contributed by atoms with Crippen LogP contribution in [0, 0.1) is 23.4 Å². The van der Waals surface area contributed by atoms with Gasteiger partial charge in [0.2, 0.25) is 0 Å². The molecule has 1 fully saturated rings. The summed E-state index contributed by atoms with van der Waals surface area (Å²) in [5.74, 6) is -2.32. The highest BCUT2D eigenvalue weighted by Crippen LogP contribution is 2.38. The zero-order valence-corrected chi connectivity index (χ0v) is 12.8. The van der Waals surface area contributed by atoms with Crippen molar-refractivity contribution in [2.24, 2.45) is 5.92 Å². The molecule has 2 aromatic rings. The quantitative estimate of drug-likeness (QED) is 0.581. The van der Waals surface area contributed by atoms with Crippen LogP contribution in [0.4, 0.5) is 13.2 Å². The Balaban J connectivity index is 1.85. The molecule has 0 aliphatic heterocycles. The highest BCUT2D eigenvalue weighted by Gasteiger charge is 2.22. The topological polar surface area (TPSA) is 0 Å². The smallest absolute Gasteiger partial charge is 0.195 e. The maximum atomic E-state index is 13.8. The molecule has 0 amide bonds. The number of fused-ring (bicyclic) bond motifs is 1. The lowest BCUT2D eigenvalue weighted by molar-refractivity contribution is 0.308. The third kappa shape index (κ3) is 2.86. The maximum absolute atomic E-state index is 13.8. The molecular formula is C19H21F3. The van der Waals surface area contributed by atoms with Gasteiger partial charge in [-0.3, -0.25) is 0 Å². The van der Waals surface area contributed by atoms with Crippen LogP contribution < -0.4 is 0 Å². The molecule has 0 atom stereocenters. The van der Waals surface area contributed by atoms with Gasteiger partial charge < -0.3 is 0 Å². The second kappa shape index (κ2) is 6.31. The summed E-state index contributed by atoms with van der Waals surface area (Å²) in [5, 5.41) is 0.604. The van der Waals surface area contributed by atoms with E-state index in [0.29, 0.717) is 11.3 Å². The monoisotopic (exact) mass is 306 g/mol. The first-order valence-corrected chi connectivity index (χ1v) is 8.17. The maximum Gasteiger partial charge on any atom is 0.195 e. The Morgan fingerprint density at radius 2 is 1.68 bits per heavy atom.